The summed E-state index contributed by atoms with van der Waals surface area (Å²) in [7, 11) is 0. The Balaban J connectivity index is 1.86. The summed E-state index contributed by atoms with van der Waals surface area (Å²) in [5, 5.41) is 14.9. The Hall–Kier alpha value is -1.91. The summed E-state index contributed by atoms with van der Waals surface area (Å²) in [5.74, 6) is 0. The van der Waals surface area contributed by atoms with Crippen molar-refractivity contribution in [2.24, 2.45) is 0 Å². The average molecular weight is 291 g/mol. The summed E-state index contributed by atoms with van der Waals surface area (Å²) in [6.07, 6.45) is 0.623. The average Bonchev–Trinajstić information content (AvgIpc) is 2.44. The van der Waals surface area contributed by atoms with Crippen LogP contribution >= 0.6 is 11.6 Å². The van der Waals surface area contributed by atoms with Crippen molar-refractivity contribution < 1.29 is 4.92 Å². The van der Waals surface area contributed by atoms with Crippen molar-refractivity contribution in [2.75, 3.05) is 6.54 Å². The molecule has 5 heteroatoms. The highest BCUT2D eigenvalue weighted by atomic mass is 35.5. The summed E-state index contributed by atoms with van der Waals surface area (Å²) in [6.45, 7) is 1.37. The summed E-state index contributed by atoms with van der Waals surface area (Å²) in [6, 6.07) is 14.5. The number of nitro benzene ring substituents is 1. The minimum atomic E-state index is -0.341. The van der Waals surface area contributed by atoms with Gasteiger partial charge in [-0.15, -0.1) is 0 Å². The molecule has 0 spiro atoms. The molecule has 0 amide bonds. The Morgan fingerprint density at radius 3 is 2.70 bits per heavy atom. The lowest BCUT2D eigenvalue weighted by Crippen LogP contribution is -2.17. The SMILES string of the molecule is O=[N+]([O-])c1ccccc1CCNCc1cccc(Cl)c1. The van der Waals surface area contributed by atoms with Gasteiger partial charge in [0.1, 0.15) is 0 Å². The van der Waals surface area contributed by atoms with Crippen LogP contribution in [0.15, 0.2) is 48.5 Å². The van der Waals surface area contributed by atoms with Gasteiger partial charge in [0, 0.05) is 23.2 Å². The second-order valence-electron chi connectivity index (χ2n) is 4.44. The van der Waals surface area contributed by atoms with E-state index in [1.807, 2.05) is 30.3 Å². The summed E-state index contributed by atoms with van der Waals surface area (Å²) in [4.78, 5) is 10.5. The summed E-state index contributed by atoms with van der Waals surface area (Å²) in [5.41, 5.74) is 2.02. The predicted molar refractivity (Wildman–Crippen MR) is 80.0 cm³/mol. The molecule has 1 N–H and O–H groups in total. The van der Waals surface area contributed by atoms with Crippen molar-refractivity contribution >= 4 is 17.3 Å². The van der Waals surface area contributed by atoms with Crippen LogP contribution in [0.5, 0.6) is 0 Å². The van der Waals surface area contributed by atoms with Gasteiger partial charge in [-0.05, 0) is 30.7 Å². The van der Waals surface area contributed by atoms with Crippen LogP contribution < -0.4 is 5.32 Å². The van der Waals surface area contributed by atoms with Gasteiger partial charge in [-0.1, -0.05) is 41.9 Å². The first-order valence-corrected chi connectivity index (χ1v) is 6.72. The van der Waals surface area contributed by atoms with Gasteiger partial charge in [-0.25, -0.2) is 0 Å². The highest BCUT2D eigenvalue weighted by molar-refractivity contribution is 6.30. The number of benzene rings is 2. The normalized spacial score (nSPS) is 10.4. The maximum Gasteiger partial charge on any atom is 0.272 e. The van der Waals surface area contributed by atoms with Gasteiger partial charge >= 0.3 is 0 Å². The molecule has 0 heterocycles. The van der Waals surface area contributed by atoms with Gasteiger partial charge in [0.15, 0.2) is 0 Å². The van der Waals surface area contributed by atoms with E-state index in [0.717, 1.165) is 11.1 Å². The molecular formula is C15H15ClN2O2. The van der Waals surface area contributed by atoms with Crippen LogP contribution in [-0.2, 0) is 13.0 Å². The summed E-state index contributed by atoms with van der Waals surface area (Å²) >= 11 is 5.91. The van der Waals surface area contributed by atoms with Crippen molar-refractivity contribution in [3.05, 3.63) is 74.8 Å². The molecule has 0 aliphatic heterocycles. The lowest BCUT2D eigenvalue weighted by molar-refractivity contribution is -0.385. The van der Waals surface area contributed by atoms with E-state index in [-0.39, 0.29) is 10.6 Å². The molecule has 104 valence electrons. The number of nitrogens with one attached hydrogen (secondary N) is 1. The van der Waals surface area contributed by atoms with E-state index in [9.17, 15) is 10.1 Å². The number of nitrogens with zero attached hydrogens (tertiary/aromatic N) is 1. The van der Waals surface area contributed by atoms with Gasteiger partial charge in [-0.3, -0.25) is 10.1 Å². The van der Waals surface area contributed by atoms with Crippen LogP contribution in [0.2, 0.25) is 5.02 Å². The maximum absolute atomic E-state index is 10.9. The van der Waals surface area contributed by atoms with Gasteiger partial charge in [0.2, 0.25) is 0 Å². The second kappa shape index (κ2) is 7.03. The number of rotatable bonds is 6. The number of nitro groups is 1. The zero-order valence-electron chi connectivity index (χ0n) is 10.9. The molecular weight excluding hydrogens is 276 g/mol. The fourth-order valence-electron chi connectivity index (χ4n) is 2.00. The first kappa shape index (κ1) is 14.5. The predicted octanol–water partition coefficient (Wildman–Crippen LogP) is 3.58. The molecule has 4 nitrogen and oxygen atoms in total. The molecule has 0 unspecified atom stereocenters. The highest BCUT2D eigenvalue weighted by Crippen LogP contribution is 2.17. The van der Waals surface area contributed by atoms with Gasteiger partial charge in [-0.2, -0.15) is 0 Å². The maximum atomic E-state index is 10.9. The third-order valence-electron chi connectivity index (χ3n) is 2.98. The molecule has 0 atom stereocenters. The van der Waals surface area contributed by atoms with Crippen molar-refractivity contribution in [3.8, 4) is 0 Å². The lowest BCUT2D eigenvalue weighted by atomic mass is 10.1. The Morgan fingerprint density at radius 1 is 1.15 bits per heavy atom. The van der Waals surface area contributed by atoms with Crippen molar-refractivity contribution in [2.45, 2.75) is 13.0 Å². The van der Waals surface area contributed by atoms with Gasteiger partial charge in [0.05, 0.1) is 4.92 Å². The molecule has 0 bridgehead atoms. The molecule has 0 saturated heterocycles. The quantitative estimate of drug-likeness (QED) is 0.502. The Morgan fingerprint density at radius 2 is 1.95 bits per heavy atom. The third-order valence-corrected chi connectivity index (χ3v) is 3.21. The number of halogens is 1. The molecule has 0 aromatic heterocycles. The molecule has 2 aromatic carbocycles. The van der Waals surface area contributed by atoms with Gasteiger partial charge < -0.3 is 5.32 Å². The molecule has 20 heavy (non-hydrogen) atoms. The standard InChI is InChI=1S/C15H15ClN2O2/c16-14-6-3-4-12(10-14)11-17-9-8-13-5-1-2-7-15(13)18(19)20/h1-7,10,17H,8-9,11H2. The molecule has 0 radical (unpaired) electrons. The second-order valence-corrected chi connectivity index (χ2v) is 4.88. The van der Waals surface area contributed by atoms with Crippen LogP contribution in [0.25, 0.3) is 0 Å². The van der Waals surface area contributed by atoms with Crippen LogP contribution in [0, 0.1) is 10.1 Å². The minimum absolute atomic E-state index is 0.178. The molecule has 0 aliphatic rings. The first-order valence-electron chi connectivity index (χ1n) is 6.34. The van der Waals surface area contributed by atoms with E-state index >= 15 is 0 Å². The first-order chi connectivity index (χ1) is 9.66. The Labute approximate surface area is 122 Å². The molecule has 0 fully saturated rings. The Kier molecular flexibility index (Phi) is 5.09. The number of para-hydroxylation sites is 1. The van der Waals surface area contributed by atoms with Crippen molar-refractivity contribution in [1.82, 2.24) is 5.32 Å². The van der Waals surface area contributed by atoms with Crippen LogP contribution in [-0.4, -0.2) is 11.5 Å². The van der Waals surface area contributed by atoms with Crippen LogP contribution in [0.3, 0.4) is 0 Å². The van der Waals surface area contributed by atoms with Gasteiger partial charge in [0.25, 0.3) is 5.69 Å². The monoisotopic (exact) mass is 290 g/mol. The van der Waals surface area contributed by atoms with E-state index in [4.69, 9.17) is 11.6 Å². The van der Waals surface area contributed by atoms with E-state index in [2.05, 4.69) is 5.32 Å². The fourth-order valence-corrected chi connectivity index (χ4v) is 2.22. The van der Waals surface area contributed by atoms with E-state index < -0.39 is 0 Å². The fraction of sp³-hybridized carbons (Fsp3) is 0.200. The Bertz CT molecular complexity index is 602. The minimum Gasteiger partial charge on any atom is -0.312 e. The van der Waals surface area contributed by atoms with E-state index in [1.165, 1.54) is 6.07 Å². The number of hydrogen-bond acceptors (Lipinski definition) is 3. The van der Waals surface area contributed by atoms with Crippen LogP contribution in [0.1, 0.15) is 11.1 Å². The molecule has 0 aliphatic carbocycles. The topological polar surface area (TPSA) is 55.2 Å². The zero-order chi connectivity index (χ0) is 14.4. The molecule has 2 rings (SSSR count). The molecule has 2 aromatic rings. The number of hydrogen-bond donors (Lipinski definition) is 1. The third kappa shape index (κ3) is 4.05. The van der Waals surface area contributed by atoms with Crippen molar-refractivity contribution in [3.63, 3.8) is 0 Å². The zero-order valence-corrected chi connectivity index (χ0v) is 11.6. The van der Waals surface area contributed by atoms with Crippen molar-refractivity contribution in [1.29, 1.82) is 0 Å². The molecule has 0 saturated carbocycles. The van der Waals surface area contributed by atoms with Crippen LogP contribution in [0.4, 0.5) is 5.69 Å². The van der Waals surface area contributed by atoms with E-state index in [1.54, 1.807) is 12.1 Å². The van der Waals surface area contributed by atoms with E-state index in [0.29, 0.717) is 24.5 Å². The highest BCUT2D eigenvalue weighted by Gasteiger charge is 2.11. The summed E-state index contributed by atoms with van der Waals surface area (Å²) < 4.78 is 0. The largest absolute Gasteiger partial charge is 0.312 e. The smallest absolute Gasteiger partial charge is 0.272 e. The lowest BCUT2D eigenvalue weighted by Gasteiger charge is -2.06.